The van der Waals surface area contributed by atoms with Crippen LogP contribution in [0.25, 0.3) is 0 Å². The van der Waals surface area contributed by atoms with Crippen LogP contribution in [0.5, 0.6) is 0 Å². The van der Waals surface area contributed by atoms with Gasteiger partial charge in [-0.1, -0.05) is 116 Å². The Morgan fingerprint density at radius 2 is 0.980 bits per heavy atom. The van der Waals surface area contributed by atoms with E-state index < -0.39 is 31.6 Å². The maximum absolute atomic E-state index is 12.0. The van der Waals surface area contributed by atoms with Crippen molar-refractivity contribution in [3.8, 4) is 0 Å². The molecule has 0 amide bonds. The lowest BCUT2D eigenvalue weighted by Gasteiger charge is -2.10. The molecule has 0 radical (unpaired) electrons. The van der Waals surface area contributed by atoms with Crippen molar-refractivity contribution >= 4 is 31.6 Å². The van der Waals surface area contributed by atoms with Gasteiger partial charge in [0, 0.05) is 6.42 Å². The van der Waals surface area contributed by atoms with Crippen LogP contribution < -0.4 is 0 Å². The Labute approximate surface area is 314 Å². The zero-order valence-corrected chi connectivity index (χ0v) is 36.6. The molecule has 10 heteroatoms. The monoisotopic (exact) mass is 760 g/mol. The summed E-state index contributed by atoms with van der Waals surface area (Å²) in [6.07, 6.45) is 6.48. The summed E-state index contributed by atoms with van der Waals surface area (Å²) in [5, 5.41) is 16.6. The summed E-state index contributed by atoms with van der Waals surface area (Å²) in [5.41, 5.74) is 4.54. The van der Waals surface area contributed by atoms with E-state index in [4.69, 9.17) is 10.2 Å². The number of fused-ring (bicyclic) bond motifs is 2. The van der Waals surface area contributed by atoms with Crippen LogP contribution in [0.2, 0.25) is 0 Å². The number of aryl methyl sites for hydroxylation is 3. The van der Waals surface area contributed by atoms with Crippen molar-refractivity contribution in [1.29, 1.82) is 0 Å². The Kier molecular flexibility index (Phi) is 40.3. The lowest BCUT2D eigenvalue weighted by atomic mass is 9.98. The van der Waals surface area contributed by atoms with Crippen molar-refractivity contribution in [3.63, 3.8) is 0 Å². The van der Waals surface area contributed by atoms with E-state index in [9.17, 15) is 26.4 Å². The van der Waals surface area contributed by atoms with Crippen LogP contribution in [0.3, 0.4) is 0 Å². The van der Waals surface area contributed by atoms with Gasteiger partial charge >= 0.3 is 11.9 Å². The van der Waals surface area contributed by atoms with Gasteiger partial charge in [0.25, 0.3) is 0 Å². The van der Waals surface area contributed by atoms with Crippen molar-refractivity contribution in [2.45, 2.75) is 177 Å². The molecule has 0 aliphatic heterocycles. The number of aliphatic carboxylic acids is 2. The fourth-order valence-electron chi connectivity index (χ4n) is 4.80. The van der Waals surface area contributed by atoms with Gasteiger partial charge in [0.15, 0.2) is 19.7 Å². The third kappa shape index (κ3) is 23.5. The first-order valence-corrected chi connectivity index (χ1v) is 22.8. The van der Waals surface area contributed by atoms with E-state index in [1.165, 1.54) is 11.1 Å². The van der Waals surface area contributed by atoms with Gasteiger partial charge in [0.05, 0.1) is 27.7 Å². The lowest BCUT2D eigenvalue weighted by molar-refractivity contribution is -0.138. The SMILES string of the molecule is CC.CC.CC.CC.CC.CC.CCC(=O)O.CCCS(=O)(=O)c1ccc2c(c1)C(CC(=O)O)CC2.CCCS(=O)(=O)c1ccc2c(c1)CCC2. The molecule has 1 unspecified atom stereocenters. The number of hydrogen-bond acceptors (Lipinski definition) is 6. The number of carboxylic acid groups (broad SMARTS) is 2. The Hall–Kier alpha value is -2.72. The van der Waals surface area contributed by atoms with Crippen LogP contribution in [0.4, 0.5) is 0 Å². The van der Waals surface area contributed by atoms with Crippen molar-refractivity contribution in [1.82, 2.24) is 0 Å². The average molecular weight is 761 g/mol. The molecule has 1 atom stereocenters. The second kappa shape index (κ2) is 35.7. The summed E-state index contributed by atoms with van der Waals surface area (Å²) in [6, 6.07) is 10.8. The van der Waals surface area contributed by atoms with Gasteiger partial charge in [0.1, 0.15) is 0 Å². The Bertz CT molecular complexity index is 1370. The molecule has 2 aromatic rings. The predicted molar refractivity (Wildman–Crippen MR) is 219 cm³/mol. The first kappa shape index (κ1) is 57.6. The second-order valence-corrected chi connectivity index (χ2v) is 14.1. The van der Waals surface area contributed by atoms with Gasteiger partial charge in [-0.2, -0.15) is 0 Å². The highest BCUT2D eigenvalue weighted by Gasteiger charge is 2.26. The summed E-state index contributed by atoms with van der Waals surface area (Å²) in [6.45, 7) is 29.3. The van der Waals surface area contributed by atoms with E-state index in [0.29, 0.717) is 22.6 Å². The summed E-state index contributed by atoms with van der Waals surface area (Å²) in [5.74, 6) is -1.24. The molecule has 2 aliphatic carbocycles. The molecule has 0 saturated carbocycles. The number of hydrogen-bond donors (Lipinski definition) is 2. The molecule has 2 aliphatic rings. The third-order valence-corrected chi connectivity index (χ3v) is 10.6. The van der Waals surface area contributed by atoms with Crippen molar-refractivity contribution in [2.24, 2.45) is 0 Å². The van der Waals surface area contributed by atoms with Crippen molar-refractivity contribution in [3.05, 3.63) is 58.7 Å². The zero-order valence-electron chi connectivity index (χ0n) is 35.0. The third-order valence-electron chi connectivity index (χ3n) is 6.78. The average Bonchev–Trinajstić information content (AvgIpc) is 3.80. The van der Waals surface area contributed by atoms with E-state index in [0.717, 1.165) is 43.2 Å². The first-order valence-electron chi connectivity index (χ1n) is 19.5. The maximum Gasteiger partial charge on any atom is 0.303 e. The van der Waals surface area contributed by atoms with Gasteiger partial charge < -0.3 is 10.2 Å². The van der Waals surface area contributed by atoms with Crippen LogP contribution in [-0.2, 0) is 48.5 Å². The molecule has 0 bridgehead atoms. The molecule has 51 heavy (non-hydrogen) atoms. The van der Waals surface area contributed by atoms with E-state index in [1.54, 1.807) is 25.1 Å². The van der Waals surface area contributed by atoms with E-state index in [-0.39, 0.29) is 30.3 Å². The molecule has 0 saturated heterocycles. The topological polar surface area (TPSA) is 143 Å². The number of carboxylic acids is 2. The maximum atomic E-state index is 12.0. The minimum Gasteiger partial charge on any atom is -0.481 e. The van der Waals surface area contributed by atoms with Crippen LogP contribution in [-0.4, -0.2) is 50.5 Å². The van der Waals surface area contributed by atoms with Gasteiger partial charge in [-0.3, -0.25) is 9.59 Å². The minimum absolute atomic E-state index is 0.0516. The molecule has 2 aromatic carbocycles. The van der Waals surface area contributed by atoms with Gasteiger partial charge in [-0.15, -0.1) is 0 Å². The molecular formula is C41H76O8S2. The largest absolute Gasteiger partial charge is 0.481 e. The van der Waals surface area contributed by atoms with Crippen LogP contribution in [0.15, 0.2) is 46.2 Å². The fourth-order valence-corrected chi connectivity index (χ4v) is 7.52. The normalized spacial score (nSPS) is 12.7. The predicted octanol–water partition coefficient (Wildman–Crippen LogP) is 11.4. The zero-order chi connectivity index (χ0) is 41.2. The molecule has 4 rings (SSSR count). The number of rotatable bonds is 9. The molecule has 0 heterocycles. The van der Waals surface area contributed by atoms with Crippen LogP contribution in [0, 0.1) is 0 Å². The molecule has 0 aromatic heterocycles. The molecule has 8 nitrogen and oxygen atoms in total. The van der Waals surface area contributed by atoms with Gasteiger partial charge in [0.2, 0.25) is 0 Å². The highest BCUT2D eigenvalue weighted by molar-refractivity contribution is 7.91. The summed E-state index contributed by atoms with van der Waals surface area (Å²) < 4.78 is 47.8. The van der Waals surface area contributed by atoms with E-state index >= 15 is 0 Å². The smallest absolute Gasteiger partial charge is 0.303 e. The first-order chi connectivity index (χ1) is 24.3. The van der Waals surface area contributed by atoms with E-state index in [1.807, 2.05) is 115 Å². The van der Waals surface area contributed by atoms with Crippen LogP contribution in [0.1, 0.15) is 171 Å². The highest BCUT2D eigenvalue weighted by atomic mass is 32.2. The molecular weight excluding hydrogens is 685 g/mol. The summed E-state index contributed by atoms with van der Waals surface area (Å²) >= 11 is 0. The molecule has 0 spiro atoms. The molecule has 0 fully saturated rings. The van der Waals surface area contributed by atoms with E-state index in [2.05, 4.69) is 0 Å². The van der Waals surface area contributed by atoms with Crippen LogP contribution >= 0.6 is 0 Å². The van der Waals surface area contributed by atoms with Gasteiger partial charge in [-0.05, 0) is 97.4 Å². The number of carbonyl (C=O) groups is 2. The quantitative estimate of drug-likeness (QED) is 0.257. The summed E-state index contributed by atoms with van der Waals surface area (Å²) in [4.78, 5) is 21.0. The Morgan fingerprint density at radius 1 is 0.588 bits per heavy atom. The summed E-state index contributed by atoms with van der Waals surface area (Å²) in [7, 11) is -6.26. The lowest BCUT2D eigenvalue weighted by Crippen LogP contribution is -2.08. The number of benzene rings is 2. The number of sulfone groups is 2. The standard InChI is InChI=1S/C14H18O4S.C12H16O2S.C3H6O2.6C2H6/c1-2-7-19(17,18)12-6-5-10-3-4-11(8-14(15)16)13(10)9-12;1-2-8-15(13,14)12-7-6-10-4-3-5-11(10)9-12;1-2-3(4)5;6*1-2/h5-6,9,11H,2-4,7-8H2,1H3,(H,15,16);6-7,9H,2-5,8H2,1H3;2H2,1H3,(H,4,5);6*1-2H3. The van der Waals surface area contributed by atoms with Crippen molar-refractivity contribution in [2.75, 3.05) is 11.5 Å². The van der Waals surface area contributed by atoms with Crippen molar-refractivity contribution < 1.29 is 36.6 Å². The molecule has 2 N–H and O–H groups in total. The molecule has 300 valence electrons. The minimum atomic E-state index is -3.23. The fraction of sp³-hybridized carbons (Fsp3) is 0.659. The highest BCUT2D eigenvalue weighted by Crippen LogP contribution is 2.37. The second-order valence-electron chi connectivity index (χ2n) is 9.86. The Morgan fingerprint density at radius 3 is 1.37 bits per heavy atom. The van der Waals surface area contributed by atoms with Gasteiger partial charge in [-0.25, -0.2) is 16.8 Å². The Balaban J connectivity index is -0.000000196.